The fraction of sp³-hybridized carbons (Fsp3) is 0.905. The van der Waals surface area contributed by atoms with E-state index in [-0.39, 0.29) is 6.09 Å². The Labute approximate surface area is 170 Å². The van der Waals surface area contributed by atoms with Crippen molar-refractivity contribution in [1.29, 1.82) is 0 Å². The van der Waals surface area contributed by atoms with Gasteiger partial charge in [0.2, 0.25) is 0 Å². The molecular weight excluding hydrogens is 356 g/mol. The van der Waals surface area contributed by atoms with Gasteiger partial charge in [0.1, 0.15) is 5.60 Å². The smallest absolute Gasteiger partial charge is 0.410 e. The highest BCUT2D eigenvalue weighted by Crippen LogP contribution is 2.28. The number of nitrogens with one attached hydrogen (secondary N) is 2. The Bertz CT molecular complexity index is 500. The predicted octanol–water partition coefficient (Wildman–Crippen LogP) is 3.01. The first-order chi connectivity index (χ1) is 13.4. The van der Waals surface area contributed by atoms with Crippen molar-refractivity contribution >= 4 is 12.1 Å². The van der Waals surface area contributed by atoms with Gasteiger partial charge in [-0.1, -0.05) is 0 Å². The zero-order chi connectivity index (χ0) is 20.4. The minimum Gasteiger partial charge on any atom is -0.444 e. The van der Waals surface area contributed by atoms with Crippen molar-refractivity contribution in [2.24, 2.45) is 16.8 Å². The number of rotatable bonds is 9. The topological polar surface area (TPSA) is 75.2 Å². The lowest BCUT2D eigenvalue weighted by Gasteiger charge is -2.33. The van der Waals surface area contributed by atoms with Gasteiger partial charge in [-0.2, -0.15) is 0 Å². The average Bonchev–Trinajstić information content (AvgIpc) is 3.45. The van der Waals surface area contributed by atoms with Crippen LogP contribution in [-0.4, -0.2) is 68.5 Å². The number of hydrogen-bond acceptors (Lipinski definition) is 4. The molecule has 0 spiro atoms. The van der Waals surface area contributed by atoms with Crippen LogP contribution < -0.4 is 10.6 Å². The summed E-state index contributed by atoms with van der Waals surface area (Å²) in [5.74, 6) is 2.04. The number of piperidine rings is 1. The molecule has 28 heavy (non-hydrogen) atoms. The van der Waals surface area contributed by atoms with E-state index in [1.807, 2.05) is 25.7 Å². The predicted molar refractivity (Wildman–Crippen MR) is 113 cm³/mol. The number of aliphatic imine (C=N–C) groups is 1. The number of carbonyl (C=O) groups excluding carboxylic acids is 1. The lowest BCUT2D eigenvalue weighted by Crippen LogP contribution is -2.44. The highest BCUT2D eigenvalue weighted by molar-refractivity contribution is 5.79. The van der Waals surface area contributed by atoms with Gasteiger partial charge < -0.3 is 25.0 Å². The fourth-order valence-electron chi connectivity index (χ4n) is 3.18. The summed E-state index contributed by atoms with van der Waals surface area (Å²) in [4.78, 5) is 18.9. The van der Waals surface area contributed by atoms with E-state index in [1.165, 1.54) is 12.8 Å². The Kier molecular flexibility index (Phi) is 9.35. The largest absolute Gasteiger partial charge is 0.444 e. The molecule has 1 saturated carbocycles. The van der Waals surface area contributed by atoms with E-state index in [9.17, 15) is 4.79 Å². The van der Waals surface area contributed by atoms with Crippen molar-refractivity contribution in [3.05, 3.63) is 0 Å². The van der Waals surface area contributed by atoms with Crippen molar-refractivity contribution < 1.29 is 14.3 Å². The lowest BCUT2D eigenvalue weighted by atomic mass is 9.98. The van der Waals surface area contributed by atoms with E-state index in [4.69, 9.17) is 14.5 Å². The van der Waals surface area contributed by atoms with Crippen molar-refractivity contribution in [3.8, 4) is 0 Å². The Morgan fingerprint density at radius 1 is 1.18 bits per heavy atom. The zero-order valence-electron chi connectivity index (χ0n) is 18.3. The summed E-state index contributed by atoms with van der Waals surface area (Å²) in [6.07, 6.45) is 5.54. The SMILES string of the molecule is CCNC(=NCC1CCCN(C(=O)OC(C)(C)C)C1)NCCCOCC1CC1. The summed E-state index contributed by atoms with van der Waals surface area (Å²) >= 11 is 0. The number of ether oxygens (including phenoxy) is 2. The molecule has 2 fully saturated rings. The van der Waals surface area contributed by atoms with Crippen LogP contribution in [0.3, 0.4) is 0 Å². The number of hydrogen-bond donors (Lipinski definition) is 2. The molecule has 0 aromatic carbocycles. The first-order valence-electron chi connectivity index (χ1n) is 10.9. The second-order valence-corrected chi connectivity index (χ2v) is 8.95. The molecule has 162 valence electrons. The molecule has 1 aliphatic heterocycles. The Morgan fingerprint density at radius 3 is 2.64 bits per heavy atom. The molecule has 7 nitrogen and oxygen atoms in total. The highest BCUT2D eigenvalue weighted by Gasteiger charge is 2.27. The maximum Gasteiger partial charge on any atom is 0.410 e. The molecule has 2 N–H and O–H groups in total. The van der Waals surface area contributed by atoms with Gasteiger partial charge in [-0.3, -0.25) is 4.99 Å². The van der Waals surface area contributed by atoms with Crippen LogP contribution in [0.4, 0.5) is 4.79 Å². The Balaban J connectivity index is 1.69. The Morgan fingerprint density at radius 2 is 1.96 bits per heavy atom. The third-order valence-electron chi connectivity index (χ3n) is 4.83. The molecule has 1 unspecified atom stereocenters. The molecule has 0 aromatic rings. The van der Waals surface area contributed by atoms with Gasteiger partial charge in [0.25, 0.3) is 0 Å². The second-order valence-electron chi connectivity index (χ2n) is 8.95. The second kappa shape index (κ2) is 11.5. The maximum absolute atomic E-state index is 12.3. The monoisotopic (exact) mass is 396 g/mol. The molecule has 0 bridgehead atoms. The zero-order valence-corrected chi connectivity index (χ0v) is 18.3. The summed E-state index contributed by atoms with van der Waals surface area (Å²) in [7, 11) is 0. The minimum absolute atomic E-state index is 0.211. The molecule has 2 rings (SSSR count). The van der Waals surface area contributed by atoms with Gasteiger partial charge >= 0.3 is 6.09 Å². The van der Waals surface area contributed by atoms with Crippen LogP contribution in [0.25, 0.3) is 0 Å². The molecule has 1 atom stereocenters. The van der Waals surface area contributed by atoms with Gasteiger partial charge in [0.15, 0.2) is 5.96 Å². The molecule has 0 radical (unpaired) electrons. The normalized spacial score (nSPS) is 20.8. The van der Waals surface area contributed by atoms with E-state index in [2.05, 4.69) is 17.6 Å². The Hall–Kier alpha value is -1.50. The van der Waals surface area contributed by atoms with Crippen molar-refractivity contribution in [3.63, 3.8) is 0 Å². The third kappa shape index (κ3) is 9.62. The summed E-state index contributed by atoms with van der Waals surface area (Å²) in [5, 5.41) is 6.68. The fourth-order valence-corrected chi connectivity index (χ4v) is 3.18. The summed E-state index contributed by atoms with van der Waals surface area (Å²) < 4.78 is 11.2. The van der Waals surface area contributed by atoms with Crippen molar-refractivity contribution in [1.82, 2.24) is 15.5 Å². The molecular formula is C21H40N4O3. The number of likely N-dealkylation sites (tertiary alicyclic amines) is 1. The first kappa shape index (κ1) is 22.8. The van der Waals surface area contributed by atoms with Crippen LogP contribution >= 0.6 is 0 Å². The minimum atomic E-state index is -0.452. The summed E-state index contributed by atoms with van der Waals surface area (Å²) in [6.45, 7) is 13.4. The van der Waals surface area contributed by atoms with Crippen LogP contribution in [0.5, 0.6) is 0 Å². The van der Waals surface area contributed by atoms with E-state index < -0.39 is 5.60 Å². The molecule has 1 saturated heterocycles. The van der Waals surface area contributed by atoms with Gasteiger partial charge in [-0.25, -0.2) is 4.79 Å². The quantitative estimate of drug-likeness (QED) is 0.356. The third-order valence-corrected chi connectivity index (χ3v) is 4.83. The average molecular weight is 397 g/mol. The van der Waals surface area contributed by atoms with Crippen molar-refractivity contribution in [2.75, 3.05) is 45.9 Å². The highest BCUT2D eigenvalue weighted by atomic mass is 16.6. The van der Waals surface area contributed by atoms with Crippen LogP contribution in [0.2, 0.25) is 0 Å². The first-order valence-corrected chi connectivity index (χ1v) is 10.9. The van der Waals surface area contributed by atoms with Gasteiger partial charge in [-0.05, 0) is 71.6 Å². The molecule has 7 heteroatoms. The van der Waals surface area contributed by atoms with Gasteiger partial charge in [-0.15, -0.1) is 0 Å². The summed E-state index contributed by atoms with van der Waals surface area (Å²) in [6, 6.07) is 0. The number of carbonyl (C=O) groups is 1. The van der Waals surface area contributed by atoms with E-state index in [0.29, 0.717) is 19.0 Å². The van der Waals surface area contributed by atoms with E-state index >= 15 is 0 Å². The van der Waals surface area contributed by atoms with Gasteiger partial charge in [0.05, 0.1) is 0 Å². The summed E-state index contributed by atoms with van der Waals surface area (Å²) in [5.41, 5.74) is -0.452. The standard InChI is InChI=1S/C21H40N4O3/c1-5-22-19(23-11-7-13-27-16-17-9-10-17)24-14-18-8-6-12-25(15-18)20(26)28-21(2,3)4/h17-18H,5-16H2,1-4H3,(H2,22,23,24). The molecule has 1 aliphatic carbocycles. The molecule has 2 aliphatic rings. The number of nitrogens with zero attached hydrogens (tertiary/aromatic N) is 2. The van der Waals surface area contributed by atoms with E-state index in [1.54, 1.807) is 0 Å². The van der Waals surface area contributed by atoms with Crippen LogP contribution in [0.1, 0.15) is 59.8 Å². The van der Waals surface area contributed by atoms with Crippen LogP contribution in [0.15, 0.2) is 4.99 Å². The molecule has 0 aromatic heterocycles. The lowest BCUT2D eigenvalue weighted by molar-refractivity contribution is 0.0170. The van der Waals surface area contributed by atoms with E-state index in [0.717, 1.165) is 64.0 Å². The van der Waals surface area contributed by atoms with Crippen molar-refractivity contribution in [2.45, 2.75) is 65.4 Å². The van der Waals surface area contributed by atoms with Crippen LogP contribution in [-0.2, 0) is 9.47 Å². The maximum atomic E-state index is 12.3. The molecule has 1 heterocycles. The van der Waals surface area contributed by atoms with Crippen LogP contribution in [0, 0.1) is 11.8 Å². The number of guanidine groups is 1. The van der Waals surface area contributed by atoms with Gasteiger partial charge in [0, 0.05) is 45.9 Å². The molecule has 1 amide bonds. The number of amides is 1.